The minimum absolute atomic E-state index is 0.349. The minimum Gasteiger partial charge on any atom is -0.388 e. The molecule has 0 aromatic heterocycles. The average Bonchev–Trinajstić information content (AvgIpc) is 3.00. The van der Waals surface area contributed by atoms with Crippen molar-refractivity contribution < 1.29 is 14.6 Å². The van der Waals surface area contributed by atoms with E-state index in [2.05, 4.69) is 37.5 Å². The van der Waals surface area contributed by atoms with Crippen molar-refractivity contribution in [1.29, 1.82) is 0 Å². The van der Waals surface area contributed by atoms with Crippen LogP contribution in [0, 0.1) is 23.2 Å². The lowest BCUT2D eigenvalue weighted by molar-refractivity contribution is 0.0226. The number of hydrogen-bond donors (Lipinski definition) is 2. The summed E-state index contributed by atoms with van der Waals surface area (Å²) in [5, 5.41) is 20.2. The Hall–Kier alpha value is -0.970. The first-order valence-electron chi connectivity index (χ1n) is 11.6. The van der Waals surface area contributed by atoms with Gasteiger partial charge in [-0.1, -0.05) is 43.7 Å². The quantitative estimate of drug-likeness (QED) is 0.683. The molecule has 29 heavy (non-hydrogen) atoms. The van der Waals surface area contributed by atoms with E-state index in [1.807, 2.05) is 0 Å². The zero-order valence-electron chi connectivity index (χ0n) is 18.1. The zero-order chi connectivity index (χ0) is 20.8. The fourth-order valence-corrected chi connectivity index (χ4v) is 6.83. The highest BCUT2D eigenvalue weighted by molar-refractivity contribution is 5.29. The molecule has 3 aliphatic carbocycles. The molecule has 1 aliphatic heterocycles. The molecule has 3 nitrogen and oxygen atoms in total. The van der Waals surface area contributed by atoms with E-state index < -0.39 is 18.4 Å². The lowest BCUT2D eigenvalue weighted by atomic mass is 9.61. The molecule has 1 heterocycles. The van der Waals surface area contributed by atoms with E-state index >= 15 is 0 Å². The Balaban J connectivity index is 1.45. The van der Waals surface area contributed by atoms with Gasteiger partial charge in [0, 0.05) is 19.6 Å². The van der Waals surface area contributed by atoms with Crippen LogP contribution in [0.1, 0.15) is 58.8 Å². The van der Waals surface area contributed by atoms with Gasteiger partial charge in [0.2, 0.25) is 0 Å². The molecular weight excluding hydrogens is 365 g/mol. The van der Waals surface area contributed by atoms with Crippen molar-refractivity contribution in [3.63, 3.8) is 0 Å². The van der Waals surface area contributed by atoms with Crippen molar-refractivity contribution in [3.05, 3.63) is 35.5 Å². The summed E-state index contributed by atoms with van der Waals surface area (Å²) in [5.41, 5.74) is 3.58. The molecule has 0 bridgehead atoms. The molecule has 4 aliphatic rings. The predicted molar refractivity (Wildman–Crippen MR) is 115 cm³/mol. The lowest BCUT2D eigenvalue weighted by Crippen LogP contribution is -2.51. The van der Waals surface area contributed by atoms with Crippen LogP contribution >= 0.6 is 0 Å². The number of alkyl halides is 1. The molecule has 6 atom stereocenters. The summed E-state index contributed by atoms with van der Waals surface area (Å²) in [6.07, 6.45) is 10.0. The van der Waals surface area contributed by atoms with Gasteiger partial charge in [-0.2, -0.15) is 0 Å². The largest absolute Gasteiger partial charge is 0.388 e. The van der Waals surface area contributed by atoms with Crippen LogP contribution in [-0.2, 0) is 0 Å². The van der Waals surface area contributed by atoms with Gasteiger partial charge in [-0.15, -0.1) is 0 Å². The van der Waals surface area contributed by atoms with Crippen LogP contribution in [0.5, 0.6) is 0 Å². The smallest absolute Gasteiger partial charge is 0.125 e. The summed E-state index contributed by atoms with van der Waals surface area (Å²) in [7, 11) is 0. The van der Waals surface area contributed by atoms with Gasteiger partial charge in [0.1, 0.15) is 6.17 Å². The predicted octanol–water partition coefficient (Wildman–Crippen LogP) is 4.42. The highest BCUT2D eigenvalue weighted by Crippen LogP contribution is 2.59. The second-order valence-electron chi connectivity index (χ2n) is 10.5. The fourth-order valence-electron chi connectivity index (χ4n) is 6.83. The molecule has 4 heteroatoms. The summed E-state index contributed by atoms with van der Waals surface area (Å²) in [6.45, 7) is 11.0. The van der Waals surface area contributed by atoms with Crippen molar-refractivity contribution in [1.82, 2.24) is 4.90 Å². The second-order valence-corrected chi connectivity index (χ2v) is 10.5. The molecule has 0 aromatic rings. The average molecular weight is 404 g/mol. The minimum atomic E-state index is -0.623. The van der Waals surface area contributed by atoms with Gasteiger partial charge in [0.15, 0.2) is 0 Å². The summed E-state index contributed by atoms with van der Waals surface area (Å²) in [5.74, 6) is 1.97. The Kier molecular flexibility index (Phi) is 6.07. The van der Waals surface area contributed by atoms with Crippen LogP contribution in [0.2, 0.25) is 0 Å². The normalized spacial score (nSPS) is 41.3. The number of aliphatic hydroxyl groups excluding tert-OH is 2. The highest BCUT2D eigenvalue weighted by Gasteiger charge is 2.51. The van der Waals surface area contributed by atoms with E-state index in [4.69, 9.17) is 0 Å². The summed E-state index contributed by atoms with van der Waals surface area (Å²) in [4.78, 5) is 2.28. The Labute approximate surface area is 175 Å². The molecule has 0 aromatic carbocycles. The number of fused-ring (bicyclic) bond motifs is 1. The molecule has 0 spiro atoms. The van der Waals surface area contributed by atoms with Gasteiger partial charge in [-0.3, -0.25) is 4.90 Å². The van der Waals surface area contributed by atoms with E-state index in [0.29, 0.717) is 54.7 Å². The molecule has 1 unspecified atom stereocenters. The Morgan fingerprint density at radius 1 is 1.21 bits per heavy atom. The first kappa shape index (κ1) is 21.3. The van der Waals surface area contributed by atoms with E-state index in [9.17, 15) is 14.6 Å². The lowest BCUT2D eigenvalue weighted by Gasteiger charge is -2.46. The number of allylic oxidation sites excluding steroid dienone is 3. The number of nitrogens with zero attached hydrogens (tertiary/aromatic N) is 1. The maximum Gasteiger partial charge on any atom is 0.125 e. The van der Waals surface area contributed by atoms with Crippen LogP contribution in [0.15, 0.2) is 35.5 Å². The Morgan fingerprint density at radius 2 is 1.90 bits per heavy atom. The van der Waals surface area contributed by atoms with Crippen molar-refractivity contribution in [2.24, 2.45) is 23.2 Å². The first-order chi connectivity index (χ1) is 13.8. The van der Waals surface area contributed by atoms with Crippen molar-refractivity contribution >= 4 is 0 Å². The number of aliphatic hydroxyl groups is 2. The van der Waals surface area contributed by atoms with Crippen molar-refractivity contribution in [2.75, 3.05) is 19.6 Å². The number of likely N-dealkylation sites (tertiary alicyclic amines) is 1. The van der Waals surface area contributed by atoms with Gasteiger partial charge < -0.3 is 10.2 Å². The maximum absolute atomic E-state index is 13.2. The van der Waals surface area contributed by atoms with Gasteiger partial charge in [-0.05, 0) is 73.7 Å². The molecule has 2 N–H and O–H groups in total. The zero-order valence-corrected chi connectivity index (χ0v) is 18.1. The summed E-state index contributed by atoms with van der Waals surface area (Å²) in [6, 6.07) is 0. The van der Waals surface area contributed by atoms with Crippen molar-refractivity contribution in [2.45, 2.75) is 77.2 Å². The van der Waals surface area contributed by atoms with E-state index in [-0.39, 0.29) is 0 Å². The number of rotatable bonds is 4. The maximum atomic E-state index is 13.2. The third-order valence-electron chi connectivity index (χ3n) is 8.48. The fraction of sp³-hybridized carbons (Fsp3) is 0.760. The van der Waals surface area contributed by atoms with Gasteiger partial charge in [0.05, 0.1) is 12.2 Å². The monoisotopic (exact) mass is 403 g/mol. The molecule has 3 saturated carbocycles. The molecule has 4 fully saturated rings. The number of hydrogen-bond acceptors (Lipinski definition) is 3. The highest BCUT2D eigenvalue weighted by atomic mass is 19.1. The second kappa shape index (κ2) is 8.28. The topological polar surface area (TPSA) is 43.7 Å². The molecule has 4 rings (SSSR count). The van der Waals surface area contributed by atoms with E-state index in [1.165, 1.54) is 32.1 Å². The number of halogens is 1. The van der Waals surface area contributed by atoms with Gasteiger partial charge in [-0.25, -0.2) is 4.39 Å². The van der Waals surface area contributed by atoms with Crippen LogP contribution < -0.4 is 0 Å². The summed E-state index contributed by atoms with van der Waals surface area (Å²) >= 11 is 0. The van der Waals surface area contributed by atoms with Gasteiger partial charge in [0.25, 0.3) is 0 Å². The Bertz CT molecular complexity index is 679. The molecule has 1 saturated heterocycles. The first-order valence-corrected chi connectivity index (χ1v) is 11.6. The van der Waals surface area contributed by atoms with E-state index in [0.717, 1.165) is 12.1 Å². The van der Waals surface area contributed by atoms with Crippen LogP contribution in [0.3, 0.4) is 0 Å². The van der Waals surface area contributed by atoms with Crippen LogP contribution in [0.25, 0.3) is 0 Å². The molecule has 0 amide bonds. The van der Waals surface area contributed by atoms with E-state index in [1.54, 1.807) is 5.57 Å². The standard InChI is InChI=1S/C25H38FNO2/c1-16(13-27-14-20(26)15-27)21-8-9-22-19(5-4-10-25(21,22)3)7-6-18-11-23(28)17(2)24(29)12-18/h6-7,16,20-24,28-29H,2,4-5,8-15H2,1,3H3/b19-7+/t16?,21-,22+,23-,24-,25-/m1/s1. The molecule has 162 valence electrons. The van der Waals surface area contributed by atoms with Crippen LogP contribution in [-0.4, -0.2) is 53.1 Å². The Morgan fingerprint density at radius 3 is 2.55 bits per heavy atom. The van der Waals surface area contributed by atoms with Crippen molar-refractivity contribution in [3.8, 4) is 0 Å². The summed E-state index contributed by atoms with van der Waals surface area (Å²) < 4.78 is 13.2. The molecular formula is C25H38FNO2. The third-order valence-corrected chi connectivity index (χ3v) is 8.48. The molecule has 0 radical (unpaired) electrons. The van der Waals surface area contributed by atoms with Crippen LogP contribution in [0.4, 0.5) is 4.39 Å². The van der Waals surface area contributed by atoms with Gasteiger partial charge >= 0.3 is 0 Å². The third kappa shape index (κ3) is 4.13. The SMILES string of the molecule is C=C1[C@H](O)CC(=C/C=C2\CCC[C@]3(C)[C@@H](C(C)CN4CC(F)C4)CC[C@@H]23)C[C@H]1O.